The number of ether oxygens (including phenoxy) is 16. The number of hydrogen-bond acceptors (Lipinski definition) is 39. The summed E-state index contributed by atoms with van der Waals surface area (Å²) in [5.74, 6) is -1.09. The van der Waals surface area contributed by atoms with Crippen LogP contribution in [0.3, 0.4) is 0 Å². The van der Waals surface area contributed by atoms with E-state index < -0.39 is 308 Å². The molecule has 0 aromatic heterocycles. The molecule has 0 spiro atoms. The molecule has 0 bridgehead atoms. The summed E-state index contributed by atoms with van der Waals surface area (Å²) in [6.07, 6.45) is -57.7. The SMILES string of the molecule is C=C1CC[C@]2(C(=O)O[C@@H]3O[C@H](CO[C@@H]4O[C@H](CO)[C@@H](O[C@@H]5O[C@@H](C)[C@H](O)[C@@H](O)[C@H]5O)[C@H](O)[C@H]4O)[C@@H](O)[C@H](O)[C@H]3O)CC[C@]3(C)C(=CC[C@@H]4[C@@]5(C)CC[C@H](O[C@@H]6OC[C@H](O)[C@H](O[C@@H]7O[C@H](CO)[C@@H](O[C@@H]8O[C@H](CO)[C@H](O)[C@H](O[C@@H]9OC[C@@H](O)[C@H](O)[C@H]9O)[C@H]8O)[C@H](O)[C@H]7O)[C@H]6O[C@@H]6OC[C@@H](O)[C@H](O)[C@H]6O)C(C)(C)[C@@H]5CC[C@]43C)[C@@H]2C1. The molecule has 0 aromatic carbocycles. The Kier molecular flexibility index (Phi) is 26.9. The average molecular weight is 1630 g/mol. The van der Waals surface area contributed by atoms with E-state index in [-0.39, 0.29) is 22.7 Å². The second kappa shape index (κ2) is 34.4. The van der Waals surface area contributed by atoms with Crippen molar-refractivity contribution >= 4 is 5.97 Å². The molecule has 8 aliphatic heterocycles. The van der Waals surface area contributed by atoms with E-state index in [1.807, 2.05) is 0 Å². The van der Waals surface area contributed by atoms with E-state index in [0.717, 1.165) is 17.6 Å². The predicted molar refractivity (Wildman–Crippen MR) is 369 cm³/mol. The third-order valence-corrected chi connectivity index (χ3v) is 28.0. The number of esters is 1. The van der Waals surface area contributed by atoms with Crippen LogP contribution in [-0.4, -0.2) is 398 Å². The van der Waals surface area contributed by atoms with Gasteiger partial charge in [-0.2, -0.15) is 0 Å². The minimum Gasteiger partial charge on any atom is -0.432 e. The highest BCUT2D eigenvalue weighted by molar-refractivity contribution is 5.79. The predicted octanol–water partition coefficient (Wildman–Crippen LogP) is -8.26. The molecule has 648 valence electrons. The highest BCUT2D eigenvalue weighted by Gasteiger charge is 2.71. The van der Waals surface area contributed by atoms with Gasteiger partial charge in [-0.1, -0.05) is 58.4 Å². The lowest BCUT2D eigenvalue weighted by molar-refractivity contribution is -0.395. The summed E-state index contributed by atoms with van der Waals surface area (Å²) < 4.78 is 95.4. The van der Waals surface area contributed by atoms with E-state index in [9.17, 15) is 112 Å². The van der Waals surface area contributed by atoms with Gasteiger partial charge in [-0.25, -0.2) is 0 Å². The van der Waals surface area contributed by atoms with Gasteiger partial charge in [0, 0.05) is 5.92 Å². The van der Waals surface area contributed by atoms with Gasteiger partial charge in [-0.3, -0.25) is 4.79 Å². The van der Waals surface area contributed by atoms with Crippen LogP contribution in [0.5, 0.6) is 0 Å². The number of hydrogen-bond donors (Lipinski definition) is 22. The summed E-state index contributed by atoms with van der Waals surface area (Å²) in [5, 5.41) is 241. The molecule has 13 aliphatic rings. The lowest BCUT2D eigenvalue weighted by Crippen LogP contribution is -2.67. The summed E-state index contributed by atoms with van der Waals surface area (Å²) in [6, 6.07) is 0. The fourth-order valence-corrected chi connectivity index (χ4v) is 21.0. The molecule has 8 heterocycles. The van der Waals surface area contributed by atoms with Gasteiger partial charge in [0.05, 0.1) is 63.9 Å². The summed E-state index contributed by atoms with van der Waals surface area (Å²) in [4.78, 5) is 15.3. The second-order valence-corrected chi connectivity index (χ2v) is 34.8. The quantitative estimate of drug-likeness (QED) is 0.0306. The number of carbonyl (C=O) groups is 1. The van der Waals surface area contributed by atoms with Crippen molar-refractivity contribution in [3.63, 3.8) is 0 Å². The van der Waals surface area contributed by atoms with E-state index in [1.54, 1.807) is 0 Å². The molecule has 0 aromatic rings. The van der Waals surface area contributed by atoms with Crippen molar-refractivity contribution in [3.8, 4) is 0 Å². The minimum absolute atomic E-state index is 0.0337. The molecule has 12 fully saturated rings. The van der Waals surface area contributed by atoms with Crippen LogP contribution >= 0.6 is 0 Å². The van der Waals surface area contributed by atoms with Gasteiger partial charge in [0.2, 0.25) is 6.29 Å². The normalized spacial score (nSPS) is 54.2. The van der Waals surface area contributed by atoms with Gasteiger partial charge < -0.3 is 188 Å². The fourth-order valence-electron chi connectivity index (χ4n) is 21.0. The van der Waals surface area contributed by atoms with E-state index in [4.69, 9.17) is 75.8 Å². The zero-order valence-corrected chi connectivity index (χ0v) is 63.8. The third kappa shape index (κ3) is 15.8. The molecule has 39 heteroatoms. The van der Waals surface area contributed by atoms with Crippen molar-refractivity contribution in [3.05, 3.63) is 23.8 Å². The first-order valence-electron chi connectivity index (χ1n) is 39.3. The van der Waals surface area contributed by atoms with E-state index in [0.29, 0.717) is 57.8 Å². The molecule has 5 aliphatic carbocycles. The fraction of sp³-hybridized carbons (Fsp3) is 0.932. The highest BCUT2D eigenvalue weighted by atomic mass is 16.8. The van der Waals surface area contributed by atoms with Crippen molar-refractivity contribution in [2.24, 2.45) is 44.8 Å². The Morgan fingerprint density at radius 2 is 0.938 bits per heavy atom. The van der Waals surface area contributed by atoms with Crippen LogP contribution in [0.15, 0.2) is 23.8 Å². The topological polar surface area (TPSA) is 610 Å². The van der Waals surface area contributed by atoms with Crippen LogP contribution in [0.25, 0.3) is 0 Å². The number of aliphatic hydroxyl groups is 22. The monoisotopic (exact) mass is 1630 g/mol. The van der Waals surface area contributed by atoms with E-state index in [2.05, 4.69) is 47.3 Å². The second-order valence-electron chi connectivity index (χ2n) is 34.8. The number of fused-ring (bicyclic) bond motifs is 7. The van der Waals surface area contributed by atoms with Crippen LogP contribution in [-0.2, 0) is 80.6 Å². The number of aliphatic hydroxyl groups excluding tert-OH is 22. The zero-order chi connectivity index (χ0) is 81.9. The molecular formula is C74H118O39. The molecule has 8 saturated heterocycles. The van der Waals surface area contributed by atoms with Crippen LogP contribution in [0.1, 0.15) is 106 Å². The highest BCUT2D eigenvalue weighted by Crippen LogP contribution is 2.76. The summed E-state index contributed by atoms with van der Waals surface area (Å²) in [7, 11) is 0. The molecule has 13 rings (SSSR count). The van der Waals surface area contributed by atoms with Crippen LogP contribution in [0.4, 0.5) is 0 Å². The van der Waals surface area contributed by atoms with Crippen LogP contribution in [0, 0.1) is 44.8 Å². The first-order valence-corrected chi connectivity index (χ1v) is 39.3. The van der Waals surface area contributed by atoms with Crippen LogP contribution < -0.4 is 0 Å². The van der Waals surface area contributed by atoms with Gasteiger partial charge in [-0.05, 0) is 105 Å². The molecule has 22 N–H and O–H groups in total. The minimum atomic E-state index is -2.14. The summed E-state index contributed by atoms with van der Waals surface area (Å²) in [6.45, 7) is 12.0. The van der Waals surface area contributed by atoms with Crippen molar-refractivity contribution in [1.82, 2.24) is 0 Å². The number of rotatable bonds is 20. The third-order valence-electron chi connectivity index (χ3n) is 28.0. The van der Waals surface area contributed by atoms with Gasteiger partial charge >= 0.3 is 5.97 Å². The summed E-state index contributed by atoms with van der Waals surface area (Å²) in [5.41, 5.74) is -1.06. The first kappa shape index (κ1) is 88.3. The Labute approximate surface area is 650 Å². The molecule has 0 unspecified atom stereocenters. The molecule has 39 nitrogen and oxygen atoms in total. The first-order chi connectivity index (χ1) is 53.3. The van der Waals surface area contributed by atoms with Gasteiger partial charge in [0.1, 0.15) is 171 Å². The maximum absolute atomic E-state index is 15.3. The molecule has 4 saturated carbocycles. The molecular weight excluding hydrogens is 1510 g/mol. The lowest BCUT2D eigenvalue weighted by Gasteiger charge is -2.71. The van der Waals surface area contributed by atoms with Crippen molar-refractivity contribution in [1.29, 1.82) is 0 Å². The lowest BCUT2D eigenvalue weighted by atomic mass is 9.34. The zero-order valence-electron chi connectivity index (χ0n) is 63.8. The standard InChI is InChI=1S/C74H118O39/c1-26-10-15-74(69(97)113-66-52(93)46(87)43(84)36(106-66)25-101-61-53(94)47(88)57(34(20-76)104-61)109-64-51(92)45(86)40(81)27(2)102-64)17-16-72(6)28(29(74)18-26)8-9-38-71(5)13-12-39(70(3,4)37(71)11-14-73(38,72)7)107-68-60(112-63-50(91)42(83)31(79)23-99-63)56(32(80)24-100-68)108-65-54(95)48(89)58(35(21-77)105-65)110-67-55(96)59(44(85)33(19-75)103-67)111-62-49(90)41(82)30(78)22-98-62/h8,27,29-68,75-96H,1,9-25H2,2-7H3/t27-,29-,30+,31+,32-,33+,34+,35+,36+,37-,38+,39-,40-,41-,42-,43+,44-,45+,46-,47+,48+,49+,50+,51+,52+,53+,54+,55+,56-,57+,58+,59-,60+,61+,62-,63-,64-,65-,66-,67-,68-,71-,72+,73+,74-/m0/s1. The molecule has 45 atom stereocenters. The summed E-state index contributed by atoms with van der Waals surface area (Å²) >= 11 is 0. The molecule has 0 amide bonds. The smallest absolute Gasteiger partial charge is 0.315 e. The Balaban J connectivity index is 0.683. The van der Waals surface area contributed by atoms with E-state index in [1.165, 1.54) is 6.92 Å². The van der Waals surface area contributed by atoms with Gasteiger partial charge in [-0.15, -0.1) is 0 Å². The average Bonchev–Trinajstić information content (AvgIpc) is 0.675. The Hall–Kier alpha value is -2.53. The van der Waals surface area contributed by atoms with E-state index >= 15 is 4.79 Å². The van der Waals surface area contributed by atoms with Gasteiger partial charge in [0.25, 0.3) is 0 Å². The van der Waals surface area contributed by atoms with Gasteiger partial charge in [0.15, 0.2) is 44.0 Å². The van der Waals surface area contributed by atoms with Crippen LogP contribution in [0.2, 0.25) is 0 Å². The Morgan fingerprint density at radius 1 is 0.442 bits per heavy atom. The van der Waals surface area contributed by atoms with Crippen molar-refractivity contribution in [2.45, 2.75) is 339 Å². The number of carbonyl (C=O) groups excluding carboxylic acids is 1. The Morgan fingerprint density at radius 3 is 1.56 bits per heavy atom. The molecule has 113 heavy (non-hydrogen) atoms. The van der Waals surface area contributed by atoms with Crippen molar-refractivity contribution < 1.29 is 193 Å². The van der Waals surface area contributed by atoms with Crippen molar-refractivity contribution in [2.75, 3.05) is 46.2 Å². The maximum Gasteiger partial charge on any atom is 0.315 e. The number of allylic oxidation sites excluding steroid dienone is 3. The largest absolute Gasteiger partial charge is 0.432 e. The maximum atomic E-state index is 15.3. The molecule has 0 radical (unpaired) electrons. The Bertz CT molecular complexity index is 3250.